The van der Waals surface area contributed by atoms with Crippen LogP contribution >= 0.6 is 0 Å². The summed E-state index contributed by atoms with van der Waals surface area (Å²) >= 11 is 0. The fourth-order valence-corrected chi connectivity index (χ4v) is 1.77. The van der Waals surface area contributed by atoms with Gasteiger partial charge in [-0.2, -0.15) is 0 Å². The zero-order chi connectivity index (χ0) is 13.0. The Balaban J connectivity index is 1.96. The first-order valence-electron chi connectivity index (χ1n) is 5.75. The molecule has 1 aliphatic rings. The highest BCUT2D eigenvalue weighted by Gasteiger charge is 2.22. The summed E-state index contributed by atoms with van der Waals surface area (Å²) in [5.74, 6) is -0.971. The number of rotatable bonds is 3. The Bertz CT molecular complexity index is 438. The molecule has 2 rings (SSSR count). The van der Waals surface area contributed by atoms with E-state index in [4.69, 9.17) is 9.84 Å². The van der Waals surface area contributed by atoms with Gasteiger partial charge in [0.15, 0.2) is 0 Å². The van der Waals surface area contributed by atoms with Gasteiger partial charge in [-0.15, -0.1) is 0 Å². The molecular weight excluding hydrogens is 236 g/mol. The Kier molecular flexibility index (Phi) is 3.88. The number of carbonyl (C=O) groups is 2. The zero-order valence-corrected chi connectivity index (χ0v) is 9.76. The molecule has 1 aromatic rings. The second-order valence-electron chi connectivity index (χ2n) is 4.14. The predicted molar refractivity (Wildman–Crippen MR) is 63.4 cm³/mol. The van der Waals surface area contributed by atoms with Gasteiger partial charge >= 0.3 is 5.97 Å². The fourth-order valence-electron chi connectivity index (χ4n) is 1.77. The molecule has 0 aliphatic carbocycles. The van der Waals surface area contributed by atoms with Crippen molar-refractivity contribution in [1.29, 1.82) is 0 Å². The normalized spacial score (nSPS) is 19.2. The summed E-state index contributed by atoms with van der Waals surface area (Å²) in [6.45, 7) is 1.13. The first kappa shape index (κ1) is 12.5. The van der Waals surface area contributed by atoms with Crippen LogP contribution in [0.4, 0.5) is 5.82 Å². The standard InChI is InChI=1S/C12H14N2O4/c15-11(9-2-1-5-18-7-9)14-10-4-3-8(6-13-10)12(16)17/h3-4,6,9H,1-2,5,7H2,(H,16,17)(H,13,14,15). The number of pyridine rings is 1. The SMILES string of the molecule is O=C(O)c1ccc(NC(=O)C2CCCOC2)nc1. The first-order chi connectivity index (χ1) is 8.66. The minimum Gasteiger partial charge on any atom is -0.478 e. The number of hydrogen-bond donors (Lipinski definition) is 2. The van der Waals surface area contributed by atoms with Crippen LogP contribution in [0.5, 0.6) is 0 Å². The Morgan fingerprint density at radius 2 is 2.28 bits per heavy atom. The maximum absolute atomic E-state index is 11.8. The summed E-state index contributed by atoms with van der Waals surface area (Å²) in [5.41, 5.74) is 0.0917. The molecule has 1 amide bonds. The summed E-state index contributed by atoms with van der Waals surface area (Å²) in [5, 5.41) is 11.4. The maximum atomic E-state index is 11.8. The van der Waals surface area contributed by atoms with Gasteiger partial charge < -0.3 is 15.2 Å². The van der Waals surface area contributed by atoms with Crippen LogP contribution < -0.4 is 5.32 Å². The van der Waals surface area contributed by atoms with Crippen molar-refractivity contribution in [3.63, 3.8) is 0 Å². The van der Waals surface area contributed by atoms with E-state index in [1.807, 2.05) is 0 Å². The van der Waals surface area contributed by atoms with Crippen molar-refractivity contribution in [2.75, 3.05) is 18.5 Å². The van der Waals surface area contributed by atoms with Gasteiger partial charge in [0.25, 0.3) is 0 Å². The predicted octanol–water partition coefficient (Wildman–Crippen LogP) is 1.14. The summed E-state index contributed by atoms with van der Waals surface area (Å²) < 4.78 is 5.23. The van der Waals surface area contributed by atoms with E-state index in [1.54, 1.807) is 0 Å². The van der Waals surface area contributed by atoms with E-state index >= 15 is 0 Å². The van der Waals surface area contributed by atoms with Crippen LogP contribution in [0.25, 0.3) is 0 Å². The Morgan fingerprint density at radius 3 is 2.83 bits per heavy atom. The van der Waals surface area contributed by atoms with Crippen molar-refractivity contribution in [3.05, 3.63) is 23.9 Å². The van der Waals surface area contributed by atoms with E-state index in [0.29, 0.717) is 19.0 Å². The minimum absolute atomic E-state index is 0.0917. The van der Waals surface area contributed by atoms with Crippen molar-refractivity contribution in [1.82, 2.24) is 4.98 Å². The number of carbonyl (C=O) groups excluding carboxylic acids is 1. The van der Waals surface area contributed by atoms with Gasteiger partial charge in [-0.05, 0) is 25.0 Å². The molecule has 0 bridgehead atoms. The van der Waals surface area contributed by atoms with Gasteiger partial charge in [-0.25, -0.2) is 9.78 Å². The molecule has 18 heavy (non-hydrogen) atoms. The number of aromatic carboxylic acids is 1. The second kappa shape index (κ2) is 5.59. The first-order valence-corrected chi connectivity index (χ1v) is 5.75. The third-order valence-electron chi connectivity index (χ3n) is 2.79. The van der Waals surface area contributed by atoms with Crippen molar-refractivity contribution in [2.24, 2.45) is 5.92 Å². The van der Waals surface area contributed by atoms with E-state index in [9.17, 15) is 9.59 Å². The van der Waals surface area contributed by atoms with Crippen LogP contribution in [0, 0.1) is 5.92 Å². The fraction of sp³-hybridized carbons (Fsp3) is 0.417. The molecule has 0 spiro atoms. The van der Waals surface area contributed by atoms with E-state index in [0.717, 1.165) is 12.8 Å². The van der Waals surface area contributed by atoms with E-state index in [1.165, 1.54) is 18.3 Å². The molecule has 2 N–H and O–H groups in total. The van der Waals surface area contributed by atoms with Crippen LogP contribution in [-0.2, 0) is 9.53 Å². The molecule has 6 heteroatoms. The number of carboxylic acids is 1. The van der Waals surface area contributed by atoms with E-state index in [-0.39, 0.29) is 17.4 Å². The van der Waals surface area contributed by atoms with Crippen LogP contribution in [0.3, 0.4) is 0 Å². The molecule has 1 fully saturated rings. The monoisotopic (exact) mass is 250 g/mol. The lowest BCUT2D eigenvalue weighted by molar-refractivity contribution is -0.123. The van der Waals surface area contributed by atoms with Crippen LogP contribution in [0.1, 0.15) is 23.2 Å². The van der Waals surface area contributed by atoms with Crippen molar-refractivity contribution < 1.29 is 19.4 Å². The number of amides is 1. The van der Waals surface area contributed by atoms with Crippen LogP contribution in [0.2, 0.25) is 0 Å². The molecule has 1 aliphatic heterocycles. The van der Waals surface area contributed by atoms with Gasteiger partial charge in [-0.1, -0.05) is 0 Å². The lowest BCUT2D eigenvalue weighted by Gasteiger charge is -2.20. The van der Waals surface area contributed by atoms with Gasteiger partial charge in [0.05, 0.1) is 18.1 Å². The Labute approximate surface area is 104 Å². The highest BCUT2D eigenvalue weighted by Crippen LogP contribution is 2.15. The lowest BCUT2D eigenvalue weighted by Crippen LogP contribution is -2.30. The molecule has 1 saturated heterocycles. The number of ether oxygens (including phenoxy) is 1. The maximum Gasteiger partial charge on any atom is 0.337 e. The van der Waals surface area contributed by atoms with Gasteiger partial charge in [0.1, 0.15) is 5.82 Å². The number of carboxylic acid groups (broad SMARTS) is 1. The van der Waals surface area contributed by atoms with E-state index < -0.39 is 5.97 Å². The summed E-state index contributed by atoms with van der Waals surface area (Å²) in [7, 11) is 0. The third-order valence-corrected chi connectivity index (χ3v) is 2.79. The number of hydrogen-bond acceptors (Lipinski definition) is 4. The molecule has 1 atom stereocenters. The number of nitrogens with one attached hydrogen (secondary N) is 1. The van der Waals surface area contributed by atoms with Crippen LogP contribution in [0.15, 0.2) is 18.3 Å². The average Bonchev–Trinajstić information content (AvgIpc) is 2.40. The summed E-state index contributed by atoms with van der Waals surface area (Å²) in [4.78, 5) is 26.4. The molecular formula is C12H14N2O4. The number of anilines is 1. The van der Waals surface area contributed by atoms with Crippen molar-refractivity contribution in [2.45, 2.75) is 12.8 Å². The lowest BCUT2D eigenvalue weighted by atomic mass is 10.0. The highest BCUT2D eigenvalue weighted by molar-refractivity contribution is 5.92. The van der Waals surface area contributed by atoms with Gasteiger partial charge in [0, 0.05) is 12.8 Å². The van der Waals surface area contributed by atoms with Crippen molar-refractivity contribution in [3.8, 4) is 0 Å². The zero-order valence-electron chi connectivity index (χ0n) is 9.76. The molecule has 1 aromatic heterocycles. The molecule has 6 nitrogen and oxygen atoms in total. The minimum atomic E-state index is -1.04. The molecule has 0 saturated carbocycles. The number of aromatic nitrogens is 1. The van der Waals surface area contributed by atoms with Gasteiger partial charge in [0.2, 0.25) is 5.91 Å². The third kappa shape index (κ3) is 3.04. The quantitative estimate of drug-likeness (QED) is 0.839. The summed E-state index contributed by atoms with van der Waals surface area (Å²) in [6.07, 6.45) is 2.90. The number of nitrogens with zero attached hydrogens (tertiary/aromatic N) is 1. The van der Waals surface area contributed by atoms with Crippen molar-refractivity contribution >= 4 is 17.7 Å². The van der Waals surface area contributed by atoms with Crippen LogP contribution in [-0.4, -0.2) is 35.2 Å². The Morgan fingerprint density at radius 1 is 1.44 bits per heavy atom. The van der Waals surface area contributed by atoms with Gasteiger partial charge in [-0.3, -0.25) is 4.79 Å². The molecule has 1 unspecified atom stereocenters. The smallest absolute Gasteiger partial charge is 0.337 e. The Hall–Kier alpha value is -1.95. The molecule has 0 aromatic carbocycles. The summed E-state index contributed by atoms with van der Waals surface area (Å²) in [6, 6.07) is 2.88. The highest BCUT2D eigenvalue weighted by atomic mass is 16.5. The molecule has 2 heterocycles. The molecule has 96 valence electrons. The largest absolute Gasteiger partial charge is 0.478 e. The van der Waals surface area contributed by atoms with E-state index in [2.05, 4.69) is 10.3 Å². The molecule has 0 radical (unpaired) electrons. The average molecular weight is 250 g/mol. The second-order valence-corrected chi connectivity index (χ2v) is 4.14. The topological polar surface area (TPSA) is 88.5 Å².